The molecule has 0 aliphatic heterocycles. The Bertz CT molecular complexity index is 690. The van der Waals surface area contributed by atoms with E-state index >= 15 is 0 Å². The molecule has 0 saturated carbocycles. The molecule has 0 bridgehead atoms. The predicted octanol–water partition coefficient (Wildman–Crippen LogP) is 3.19. The molecule has 120 valence electrons. The van der Waals surface area contributed by atoms with Gasteiger partial charge in [-0.2, -0.15) is 5.26 Å². The number of rotatable bonds is 6. The van der Waals surface area contributed by atoms with Gasteiger partial charge in [-0.1, -0.05) is 18.2 Å². The Balaban J connectivity index is 1.97. The maximum atomic E-state index is 10.2. The molecule has 2 N–H and O–H groups in total. The van der Waals surface area contributed by atoms with Crippen molar-refractivity contribution in [2.45, 2.75) is 33.0 Å². The lowest BCUT2D eigenvalue weighted by Crippen LogP contribution is -2.13. The standard InChI is InChI=1S/C18H21N3O2/c1-12(2)23-15-7-5-14(6-8-15)17(22)11-20-18-9-4-13(3)16(10-19)21-18/h4-9,12,17,22H,11H2,1-3H3,(H,20,21). The maximum absolute atomic E-state index is 10.2. The summed E-state index contributed by atoms with van der Waals surface area (Å²) >= 11 is 0. The van der Waals surface area contributed by atoms with Gasteiger partial charge in [0.25, 0.3) is 0 Å². The first-order valence-corrected chi connectivity index (χ1v) is 7.56. The molecule has 5 heteroatoms. The highest BCUT2D eigenvalue weighted by atomic mass is 16.5. The van der Waals surface area contributed by atoms with E-state index in [2.05, 4.69) is 10.3 Å². The Hall–Kier alpha value is -2.58. The van der Waals surface area contributed by atoms with E-state index in [0.29, 0.717) is 18.1 Å². The minimum atomic E-state index is -0.670. The summed E-state index contributed by atoms with van der Waals surface area (Å²) in [5, 5.41) is 22.3. The van der Waals surface area contributed by atoms with Crippen LogP contribution in [-0.4, -0.2) is 22.7 Å². The average Bonchev–Trinajstić information content (AvgIpc) is 2.54. The Morgan fingerprint density at radius 2 is 1.91 bits per heavy atom. The summed E-state index contributed by atoms with van der Waals surface area (Å²) in [6.07, 6.45) is -0.550. The smallest absolute Gasteiger partial charge is 0.145 e. The fourth-order valence-electron chi connectivity index (χ4n) is 2.10. The van der Waals surface area contributed by atoms with E-state index in [1.54, 1.807) is 6.07 Å². The highest BCUT2D eigenvalue weighted by Crippen LogP contribution is 2.19. The van der Waals surface area contributed by atoms with Crippen LogP contribution in [0.2, 0.25) is 0 Å². The number of nitrogens with one attached hydrogen (secondary N) is 1. The van der Waals surface area contributed by atoms with Gasteiger partial charge in [0, 0.05) is 6.54 Å². The number of pyridine rings is 1. The van der Waals surface area contributed by atoms with Gasteiger partial charge in [-0.25, -0.2) is 4.98 Å². The molecular weight excluding hydrogens is 290 g/mol. The first kappa shape index (κ1) is 16.8. The Labute approximate surface area is 136 Å². The largest absolute Gasteiger partial charge is 0.491 e. The van der Waals surface area contributed by atoms with Crippen molar-refractivity contribution in [3.05, 3.63) is 53.2 Å². The second-order valence-electron chi connectivity index (χ2n) is 5.61. The normalized spacial score (nSPS) is 11.8. The molecule has 1 atom stereocenters. The van der Waals surface area contributed by atoms with Crippen molar-refractivity contribution in [3.63, 3.8) is 0 Å². The lowest BCUT2D eigenvalue weighted by molar-refractivity contribution is 0.191. The second-order valence-corrected chi connectivity index (χ2v) is 5.61. The molecule has 0 aliphatic rings. The first-order valence-electron chi connectivity index (χ1n) is 7.56. The van der Waals surface area contributed by atoms with Crippen molar-refractivity contribution in [2.75, 3.05) is 11.9 Å². The number of aliphatic hydroxyl groups excluding tert-OH is 1. The van der Waals surface area contributed by atoms with E-state index in [4.69, 9.17) is 10.00 Å². The minimum absolute atomic E-state index is 0.120. The van der Waals surface area contributed by atoms with E-state index in [0.717, 1.165) is 16.9 Å². The predicted molar refractivity (Wildman–Crippen MR) is 89.3 cm³/mol. The monoisotopic (exact) mass is 311 g/mol. The molecule has 5 nitrogen and oxygen atoms in total. The van der Waals surface area contributed by atoms with Crippen LogP contribution in [0.25, 0.3) is 0 Å². The molecule has 0 saturated heterocycles. The topological polar surface area (TPSA) is 78.2 Å². The molecule has 0 fully saturated rings. The summed E-state index contributed by atoms with van der Waals surface area (Å²) in [5.41, 5.74) is 2.01. The van der Waals surface area contributed by atoms with Gasteiger partial charge in [-0.3, -0.25) is 0 Å². The summed E-state index contributed by atoms with van der Waals surface area (Å²) in [6.45, 7) is 6.09. The zero-order valence-corrected chi connectivity index (χ0v) is 13.6. The summed E-state index contributed by atoms with van der Waals surface area (Å²) in [7, 11) is 0. The SMILES string of the molecule is Cc1ccc(NCC(O)c2ccc(OC(C)C)cc2)nc1C#N. The number of ether oxygens (including phenoxy) is 1. The summed E-state index contributed by atoms with van der Waals surface area (Å²) < 4.78 is 5.58. The van der Waals surface area contributed by atoms with Gasteiger partial charge in [0.05, 0.1) is 12.2 Å². The van der Waals surface area contributed by atoms with Gasteiger partial charge in [-0.05, 0) is 50.1 Å². The van der Waals surface area contributed by atoms with Gasteiger partial charge in [0.2, 0.25) is 0 Å². The summed E-state index contributed by atoms with van der Waals surface area (Å²) in [4.78, 5) is 4.20. The van der Waals surface area contributed by atoms with Gasteiger partial charge in [0.15, 0.2) is 0 Å². The molecule has 23 heavy (non-hydrogen) atoms. The van der Waals surface area contributed by atoms with E-state index in [1.165, 1.54) is 0 Å². The fraction of sp³-hybridized carbons (Fsp3) is 0.333. The highest BCUT2D eigenvalue weighted by Gasteiger charge is 2.09. The number of hydrogen-bond donors (Lipinski definition) is 2. The van der Waals surface area contributed by atoms with Crippen molar-refractivity contribution >= 4 is 5.82 Å². The van der Waals surface area contributed by atoms with Crippen molar-refractivity contribution in [1.29, 1.82) is 5.26 Å². The molecule has 1 aromatic carbocycles. The van der Waals surface area contributed by atoms with E-state index < -0.39 is 6.10 Å². The van der Waals surface area contributed by atoms with E-state index in [1.807, 2.05) is 57.2 Å². The molecular formula is C18H21N3O2. The third kappa shape index (κ3) is 4.70. The quantitative estimate of drug-likeness (QED) is 0.856. The Morgan fingerprint density at radius 1 is 1.22 bits per heavy atom. The third-order valence-corrected chi connectivity index (χ3v) is 3.32. The second kappa shape index (κ2) is 7.61. The number of nitrogens with zero attached hydrogens (tertiary/aromatic N) is 2. The Kier molecular flexibility index (Phi) is 5.56. The van der Waals surface area contributed by atoms with Crippen molar-refractivity contribution < 1.29 is 9.84 Å². The van der Waals surface area contributed by atoms with Gasteiger partial charge in [0.1, 0.15) is 23.3 Å². The van der Waals surface area contributed by atoms with Crippen LogP contribution in [0.4, 0.5) is 5.82 Å². The van der Waals surface area contributed by atoms with Crippen molar-refractivity contribution in [2.24, 2.45) is 0 Å². The molecule has 1 aromatic heterocycles. The van der Waals surface area contributed by atoms with Gasteiger partial charge >= 0.3 is 0 Å². The number of aromatic nitrogens is 1. The number of benzene rings is 1. The zero-order valence-electron chi connectivity index (χ0n) is 13.6. The van der Waals surface area contributed by atoms with E-state index in [9.17, 15) is 5.11 Å². The van der Waals surface area contributed by atoms with Gasteiger partial charge in [-0.15, -0.1) is 0 Å². The number of nitriles is 1. The number of hydrogen-bond acceptors (Lipinski definition) is 5. The number of aliphatic hydroxyl groups is 1. The van der Waals surface area contributed by atoms with Crippen LogP contribution in [-0.2, 0) is 0 Å². The molecule has 1 unspecified atom stereocenters. The molecule has 0 spiro atoms. The summed E-state index contributed by atoms with van der Waals surface area (Å²) in [6, 6.07) is 13.0. The van der Waals surface area contributed by atoms with Crippen LogP contribution in [0.5, 0.6) is 5.75 Å². The van der Waals surface area contributed by atoms with Crippen molar-refractivity contribution in [3.8, 4) is 11.8 Å². The maximum Gasteiger partial charge on any atom is 0.145 e. The molecule has 2 rings (SSSR count). The number of aryl methyl sites for hydroxylation is 1. The zero-order chi connectivity index (χ0) is 16.8. The van der Waals surface area contributed by atoms with Crippen LogP contribution in [0.3, 0.4) is 0 Å². The Morgan fingerprint density at radius 3 is 2.52 bits per heavy atom. The highest BCUT2D eigenvalue weighted by molar-refractivity contribution is 5.42. The fourth-order valence-corrected chi connectivity index (χ4v) is 2.10. The lowest BCUT2D eigenvalue weighted by Gasteiger charge is -2.14. The minimum Gasteiger partial charge on any atom is -0.491 e. The molecule has 1 heterocycles. The van der Waals surface area contributed by atoms with Crippen LogP contribution in [0, 0.1) is 18.3 Å². The van der Waals surface area contributed by atoms with Crippen LogP contribution in [0.1, 0.15) is 36.8 Å². The molecule has 0 amide bonds. The lowest BCUT2D eigenvalue weighted by atomic mass is 10.1. The molecule has 0 radical (unpaired) electrons. The van der Waals surface area contributed by atoms with Crippen LogP contribution >= 0.6 is 0 Å². The third-order valence-electron chi connectivity index (χ3n) is 3.32. The molecule has 2 aromatic rings. The first-order chi connectivity index (χ1) is 11.0. The van der Waals surface area contributed by atoms with Crippen LogP contribution in [0.15, 0.2) is 36.4 Å². The van der Waals surface area contributed by atoms with Crippen LogP contribution < -0.4 is 10.1 Å². The number of anilines is 1. The average molecular weight is 311 g/mol. The van der Waals surface area contributed by atoms with E-state index in [-0.39, 0.29) is 6.10 Å². The summed E-state index contributed by atoms with van der Waals surface area (Å²) in [5.74, 6) is 1.36. The van der Waals surface area contributed by atoms with Gasteiger partial charge < -0.3 is 15.2 Å². The molecule has 0 aliphatic carbocycles. The van der Waals surface area contributed by atoms with Crippen molar-refractivity contribution in [1.82, 2.24) is 4.98 Å².